The van der Waals surface area contributed by atoms with Crippen LogP contribution in [-0.4, -0.2) is 8.80 Å². The fraction of sp³-hybridized carbons (Fsp3) is 0.308. The van der Waals surface area contributed by atoms with Gasteiger partial charge in [0, 0.05) is 0 Å². The summed E-state index contributed by atoms with van der Waals surface area (Å²) in [6, 6.07) is 4.37. The SMILES string of the molecule is C[C](C)=[Ti]([CH3])([C]1=CC=CC1)[c]1ccc[nH]1.Cl.Cl. The van der Waals surface area contributed by atoms with Gasteiger partial charge in [-0.3, -0.25) is 0 Å². The maximum atomic E-state index is 3.43. The molecule has 1 N–H and O–H groups in total. The van der Waals surface area contributed by atoms with Gasteiger partial charge in [0.05, 0.1) is 0 Å². The number of halogens is 2. The number of aromatic nitrogens is 1. The van der Waals surface area contributed by atoms with Gasteiger partial charge < -0.3 is 0 Å². The molecule has 95 valence electrons. The molecular weight excluding hydrogens is 289 g/mol. The van der Waals surface area contributed by atoms with Crippen LogP contribution in [0.15, 0.2) is 40.4 Å². The van der Waals surface area contributed by atoms with E-state index in [-0.39, 0.29) is 24.8 Å². The molecule has 4 heteroatoms. The summed E-state index contributed by atoms with van der Waals surface area (Å²) in [6.45, 7) is 4.58. The Hall–Kier alpha value is -0.0757. The predicted octanol–water partition coefficient (Wildman–Crippen LogP) is 3.74. The van der Waals surface area contributed by atoms with E-state index in [4.69, 9.17) is 0 Å². The Morgan fingerprint density at radius 3 is 2.41 bits per heavy atom. The molecule has 0 fully saturated rings. The number of H-pyrrole nitrogens is 1. The maximum Gasteiger partial charge on any atom is -0.147 e. The van der Waals surface area contributed by atoms with Crippen molar-refractivity contribution < 1.29 is 16.1 Å². The molecule has 1 aromatic heterocycles. The van der Waals surface area contributed by atoms with Gasteiger partial charge in [-0.25, -0.2) is 0 Å². The number of allylic oxidation sites excluding steroid dienone is 4. The van der Waals surface area contributed by atoms with Gasteiger partial charge in [-0.1, -0.05) is 0 Å². The minimum Gasteiger partial charge on any atom is -0.147 e. The van der Waals surface area contributed by atoms with E-state index in [9.17, 15) is 0 Å². The van der Waals surface area contributed by atoms with Crippen molar-refractivity contribution in [3.05, 3.63) is 40.4 Å². The first kappa shape index (κ1) is 16.9. The Kier molecular flexibility index (Phi) is 6.72. The monoisotopic (exact) mass is 308 g/mol. The summed E-state index contributed by atoms with van der Waals surface area (Å²) in [7, 11) is 0. The van der Waals surface area contributed by atoms with E-state index in [2.05, 4.69) is 54.4 Å². The number of hydrogen-bond donors (Lipinski definition) is 1. The third-order valence-electron chi connectivity index (χ3n) is 3.55. The van der Waals surface area contributed by atoms with E-state index in [0.29, 0.717) is 0 Å². The first-order valence-corrected chi connectivity index (χ1v) is 9.37. The van der Waals surface area contributed by atoms with Crippen molar-refractivity contribution in [2.75, 3.05) is 0 Å². The first-order chi connectivity index (χ1) is 7.15. The van der Waals surface area contributed by atoms with Crippen LogP contribution < -0.4 is 4.00 Å². The fourth-order valence-corrected chi connectivity index (χ4v) is 7.35. The van der Waals surface area contributed by atoms with Gasteiger partial charge in [-0.05, 0) is 0 Å². The van der Waals surface area contributed by atoms with Crippen molar-refractivity contribution in [1.29, 1.82) is 0 Å². The molecule has 1 aromatic rings. The van der Waals surface area contributed by atoms with E-state index < -0.39 is 16.1 Å². The molecular formula is C13H20Cl2NTi. The Balaban J connectivity index is 0.00000128. The topological polar surface area (TPSA) is 15.8 Å². The van der Waals surface area contributed by atoms with Crippen LogP contribution in [0.4, 0.5) is 0 Å². The molecule has 1 aliphatic carbocycles. The van der Waals surface area contributed by atoms with Crippen LogP contribution in [0.2, 0.25) is 5.23 Å². The normalized spacial score (nSPS) is 16.5. The van der Waals surface area contributed by atoms with Gasteiger partial charge in [-0.15, -0.1) is 24.8 Å². The molecule has 1 heterocycles. The molecule has 0 spiro atoms. The summed E-state index contributed by atoms with van der Waals surface area (Å²) >= 11 is -2.12. The second-order valence-electron chi connectivity index (χ2n) is 4.53. The van der Waals surface area contributed by atoms with Crippen LogP contribution in [0.3, 0.4) is 0 Å². The van der Waals surface area contributed by atoms with Crippen LogP contribution in [0.1, 0.15) is 20.3 Å². The number of aromatic amines is 1. The molecule has 0 aromatic carbocycles. The third-order valence-corrected chi connectivity index (χ3v) is 11.4. The minimum absolute atomic E-state index is 0. The second-order valence-corrected chi connectivity index (χ2v) is 11.5. The van der Waals surface area contributed by atoms with Crippen molar-refractivity contribution >= 4 is 32.6 Å². The Morgan fingerprint density at radius 2 is 2.00 bits per heavy atom. The first-order valence-electron chi connectivity index (χ1n) is 5.46. The van der Waals surface area contributed by atoms with Gasteiger partial charge in [0.2, 0.25) is 0 Å². The molecule has 1 aliphatic rings. The Labute approximate surface area is 119 Å². The molecule has 0 amide bonds. The summed E-state index contributed by atoms with van der Waals surface area (Å²) in [5, 5.41) is 2.49. The van der Waals surface area contributed by atoms with Crippen molar-refractivity contribution in [3.63, 3.8) is 0 Å². The molecule has 0 radical (unpaired) electrons. The summed E-state index contributed by atoms with van der Waals surface area (Å²) < 4.78 is 4.76. The number of hydrogen-bond acceptors (Lipinski definition) is 0. The molecule has 0 aliphatic heterocycles. The van der Waals surface area contributed by atoms with Crippen molar-refractivity contribution in [2.24, 2.45) is 0 Å². The van der Waals surface area contributed by atoms with Gasteiger partial charge >= 0.3 is 94.9 Å². The van der Waals surface area contributed by atoms with E-state index in [1.807, 2.05) is 6.20 Å². The molecule has 0 saturated heterocycles. The molecule has 2 rings (SSSR count). The minimum atomic E-state index is -2.12. The van der Waals surface area contributed by atoms with Gasteiger partial charge in [-0.2, -0.15) is 0 Å². The van der Waals surface area contributed by atoms with Crippen molar-refractivity contribution in [2.45, 2.75) is 25.5 Å². The molecule has 1 atom stereocenters. The van der Waals surface area contributed by atoms with Gasteiger partial charge in [0.25, 0.3) is 0 Å². The van der Waals surface area contributed by atoms with E-state index in [0.717, 1.165) is 6.42 Å². The quantitative estimate of drug-likeness (QED) is 0.801. The molecule has 1 nitrogen and oxygen atoms in total. The second kappa shape index (κ2) is 6.75. The molecule has 0 bridgehead atoms. The fourth-order valence-electron chi connectivity index (χ4n) is 2.22. The molecule has 17 heavy (non-hydrogen) atoms. The van der Waals surface area contributed by atoms with Crippen LogP contribution >= 0.6 is 24.8 Å². The van der Waals surface area contributed by atoms with Crippen LogP contribution in [-0.2, 0) is 16.1 Å². The summed E-state index contributed by atoms with van der Waals surface area (Å²) in [5.41, 5.74) is 0. The van der Waals surface area contributed by atoms with Crippen LogP contribution in [0, 0.1) is 0 Å². The van der Waals surface area contributed by atoms with Crippen LogP contribution in [0.25, 0.3) is 0 Å². The number of nitrogens with one attached hydrogen (secondary N) is 1. The zero-order valence-corrected chi connectivity index (χ0v) is 13.7. The van der Waals surface area contributed by atoms with Crippen LogP contribution in [0.5, 0.6) is 0 Å². The van der Waals surface area contributed by atoms with E-state index in [1.54, 1.807) is 7.69 Å². The summed E-state index contributed by atoms with van der Waals surface area (Å²) in [4.78, 5) is 3.43. The van der Waals surface area contributed by atoms with Crippen molar-refractivity contribution in [3.8, 4) is 0 Å². The van der Waals surface area contributed by atoms with Gasteiger partial charge in [0.15, 0.2) is 0 Å². The largest absolute Gasteiger partial charge is 0.147 e. The van der Waals surface area contributed by atoms with Gasteiger partial charge in [0.1, 0.15) is 0 Å². The third kappa shape index (κ3) is 3.03. The zero-order chi connectivity index (χ0) is 10.9. The van der Waals surface area contributed by atoms with Crippen molar-refractivity contribution in [1.82, 2.24) is 4.98 Å². The molecule has 0 saturated carbocycles. The standard InChI is InChI=1S/C5H5.C4H4N.C3H6.CH3.2ClH.Ti/c2*1-2-4-5-3-1;1-3-2;;;;/h1-3H,4H2;1-3,5H;1-2H3;1H3;2*1H;. The Morgan fingerprint density at radius 1 is 1.29 bits per heavy atom. The van der Waals surface area contributed by atoms with E-state index >= 15 is 0 Å². The molecule has 1 unspecified atom stereocenters. The number of rotatable bonds is 2. The zero-order valence-electron chi connectivity index (χ0n) is 10.5. The summed E-state index contributed by atoms with van der Waals surface area (Å²) in [6.07, 6.45) is 9.99. The average Bonchev–Trinajstić information content (AvgIpc) is 2.89. The predicted molar refractivity (Wildman–Crippen MR) is 79.0 cm³/mol. The summed E-state index contributed by atoms with van der Waals surface area (Å²) in [5.74, 6) is 0. The Bertz CT molecular complexity index is 466. The average molecular weight is 309 g/mol. The smallest absolute Gasteiger partial charge is 0.147 e. The maximum absolute atomic E-state index is 3.43. The van der Waals surface area contributed by atoms with E-state index in [1.165, 1.54) is 4.00 Å².